The average Bonchev–Trinajstić information content (AvgIpc) is 2.82. The van der Waals surface area contributed by atoms with Crippen molar-refractivity contribution >= 4 is 5.69 Å². The number of nitrogens with zero attached hydrogens (tertiary/aromatic N) is 2. The van der Waals surface area contributed by atoms with E-state index in [2.05, 4.69) is 10.7 Å². The molecular formula is C13H16FN3O. The van der Waals surface area contributed by atoms with Gasteiger partial charge in [-0.2, -0.15) is 0 Å². The predicted molar refractivity (Wildman–Crippen MR) is 69.0 cm³/mol. The number of pyridine rings is 1. The Bertz CT molecular complexity index is 539. The van der Waals surface area contributed by atoms with Crippen molar-refractivity contribution in [2.24, 2.45) is 5.73 Å². The molecule has 0 amide bonds. The van der Waals surface area contributed by atoms with Crippen LogP contribution in [0.1, 0.15) is 5.56 Å². The maximum atomic E-state index is 13.2. The number of fused-ring (bicyclic) bond motifs is 3. The number of furan rings is 1. The van der Waals surface area contributed by atoms with Gasteiger partial charge in [0, 0.05) is 25.2 Å². The lowest BCUT2D eigenvalue weighted by atomic mass is 10.1. The zero-order valence-corrected chi connectivity index (χ0v) is 10.5. The molecule has 0 spiro atoms. The van der Waals surface area contributed by atoms with Gasteiger partial charge in [0.05, 0.1) is 18.1 Å². The maximum Gasteiger partial charge on any atom is 0.157 e. The van der Waals surface area contributed by atoms with Crippen molar-refractivity contribution in [1.82, 2.24) is 4.98 Å². The molecule has 1 aliphatic rings. The molecule has 96 valence electrons. The molecule has 0 saturated carbocycles. The molecule has 0 aromatic carbocycles. The molecule has 3 rings (SSSR count). The van der Waals surface area contributed by atoms with Crippen molar-refractivity contribution in [3.05, 3.63) is 36.0 Å². The summed E-state index contributed by atoms with van der Waals surface area (Å²) >= 11 is 0. The Morgan fingerprint density at radius 2 is 2.22 bits per heavy atom. The topological polar surface area (TPSA) is 55.3 Å². The van der Waals surface area contributed by atoms with Gasteiger partial charge in [0.15, 0.2) is 5.76 Å². The van der Waals surface area contributed by atoms with Crippen LogP contribution in [0.4, 0.5) is 10.1 Å². The van der Waals surface area contributed by atoms with Gasteiger partial charge in [0.2, 0.25) is 0 Å². The zero-order valence-electron chi connectivity index (χ0n) is 10.5. The van der Waals surface area contributed by atoms with E-state index < -0.39 is 0 Å². The quantitative estimate of drug-likeness (QED) is 0.776. The van der Waals surface area contributed by atoms with Gasteiger partial charge in [-0.3, -0.25) is 0 Å². The Morgan fingerprint density at radius 3 is 3.00 bits per heavy atom. The van der Waals surface area contributed by atoms with Crippen LogP contribution in [0.2, 0.25) is 0 Å². The second kappa shape index (κ2) is 5.18. The third kappa shape index (κ3) is 2.09. The van der Waals surface area contributed by atoms with E-state index in [4.69, 9.17) is 4.42 Å². The van der Waals surface area contributed by atoms with Crippen LogP contribution in [0.3, 0.4) is 0 Å². The molecule has 0 saturated heterocycles. The van der Waals surface area contributed by atoms with Crippen molar-refractivity contribution in [2.75, 3.05) is 25.5 Å². The van der Waals surface area contributed by atoms with Crippen LogP contribution in [0, 0.1) is 5.82 Å². The van der Waals surface area contributed by atoms with Crippen molar-refractivity contribution in [3.63, 3.8) is 0 Å². The smallest absolute Gasteiger partial charge is 0.157 e. The fourth-order valence-corrected chi connectivity index (χ4v) is 2.04. The molecule has 0 atom stereocenters. The minimum absolute atomic E-state index is 0.319. The number of rotatable bonds is 0. The number of hydrogen-bond donors (Lipinski definition) is 1. The highest BCUT2D eigenvalue weighted by Crippen LogP contribution is 2.34. The Morgan fingerprint density at radius 1 is 1.44 bits per heavy atom. The molecule has 18 heavy (non-hydrogen) atoms. The van der Waals surface area contributed by atoms with E-state index in [-0.39, 0.29) is 5.82 Å². The Hall–Kier alpha value is -1.88. The molecule has 2 aromatic rings. The van der Waals surface area contributed by atoms with Crippen LogP contribution in [0.25, 0.3) is 11.5 Å². The Labute approximate surface area is 105 Å². The van der Waals surface area contributed by atoms with Gasteiger partial charge in [-0.1, -0.05) is 0 Å². The summed E-state index contributed by atoms with van der Waals surface area (Å²) in [6, 6.07) is 3.45. The lowest BCUT2D eigenvalue weighted by molar-refractivity contribution is 0.577. The average molecular weight is 249 g/mol. The number of aromatic nitrogens is 1. The lowest BCUT2D eigenvalue weighted by Crippen LogP contribution is -2.19. The van der Waals surface area contributed by atoms with E-state index in [0.29, 0.717) is 0 Å². The molecule has 5 heteroatoms. The van der Waals surface area contributed by atoms with E-state index in [9.17, 15) is 4.39 Å². The third-order valence-electron chi connectivity index (χ3n) is 2.92. The second-order valence-corrected chi connectivity index (χ2v) is 3.97. The lowest BCUT2D eigenvalue weighted by Gasteiger charge is -2.17. The van der Waals surface area contributed by atoms with Gasteiger partial charge in [-0.15, -0.1) is 0 Å². The van der Waals surface area contributed by atoms with Crippen LogP contribution in [-0.2, 0) is 6.42 Å². The van der Waals surface area contributed by atoms with Crippen LogP contribution in [0.5, 0.6) is 0 Å². The van der Waals surface area contributed by atoms with Crippen molar-refractivity contribution in [3.8, 4) is 11.5 Å². The normalized spacial score (nSPS) is 13.0. The van der Waals surface area contributed by atoms with Crippen molar-refractivity contribution < 1.29 is 8.81 Å². The van der Waals surface area contributed by atoms with Gasteiger partial charge < -0.3 is 15.1 Å². The predicted octanol–water partition coefficient (Wildman–Crippen LogP) is 2.05. The van der Waals surface area contributed by atoms with Gasteiger partial charge in [-0.25, -0.2) is 9.37 Å². The van der Waals surface area contributed by atoms with E-state index in [1.54, 1.807) is 6.26 Å². The zero-order chi connectivity index (χ0) is 13.1. The molecular weight excluding hydrogens is 233 g/mol. The summed E-state index contributed by atoms with van der Waals surface area (Å²) in [5.74, 6) is 0.444. The summed E-state index contributed by atoms with van der Waals surface area (Å²) in [5, 5.41) is 0. The highest BCUT2D eigenvalue weighted by atomic mass is 19.1. The number of anilines is 1. The molecule has 0 aliphatic carbocycles. The van der Waals surface area contributed by atoms with Crippen molar-refractivity contribution in [2.45, 2.75) is 6.42 Å². The fourth-order valence-electron chi connectivity index (χ4n) is 2.04. The van der Waals surface area contributed by atoms with E-state index in [1.807, 2.05) is 18.0 Å². The van der Waals surface area contributed by atoms with Gasteiger partial charge in [0.25, 0.3) is 0 Å². The van der Waals surface area contributed by atoms with Crippen LogP contribution < -0.4 is 10.6 Å². The van der Waals surface area contributed by atoms with Crippen LogP contribution >= 0.6 is 0 Å². The molecule has 0 radical (unpaired) electrons. The SMILES string of the molecule is CN.CN1CCc2ccoc2-c2ncc(F)cc21. The Kier molecular flexibility index (Phi) is 3.62. The number of likely N-dealkylation sites (N-methyl/N-ethyl adjacent to an activating group) is 1. The first-order valence-corrected chi connectivity index (χ1v) is 5.77. The molecule has 4 nitrogen and oxygen atoms in total. The largest absolute Gasteiger partial charge is 0.462 e. The minimum Gasteiger partial charge on any atom is -0.462 e. The standard InChI is InChI=1S/C12H11FN2O.CH5N/c1-15-4-2-8-3-5-16-12(8)11-10(15)6-9(13)7-14-11;1-2/h3,5-7H,2,4H2,1H3;2H2,1H3. The molecule has 0 bridgehead atoms. The summed E-state index contributed by atoms with van der Waals surface area (Å²) in [6.07, 6.45) is 3.77. The number of halogens is 1. The molecule has 1 aliphatic heterocycles. The summed E-state index contributed by atoms with van der Waals surface area (Å²) in [7, 11) is 3.44. The summed E-state index contributed by atoms with van der Waals surface area (Å²) < 4.78 is 18.6. The highest BCUT2D eigenvalue weighted by Gasteiger charge is 2.21. The van der Waals surface area contributed by atoms with Gasteiger partial charge >= 0.3 is 0 Å². The molecule has 2 aromatic heterocycles. The maximum absolute atomic E-state index is 13.2. The first-order chi connectivity index (χ1) is 8.75. The first kappa shape index (κ1) is 12.6. The van der Waals surface area contributed by atoms with E-state index in [0.717, 1.165) is 35.7 Å². The van der Waals surface area contributed by atoms with Gasteiger partial charge in [0.1, 0.15) is 11.5 Å². The second-order valence-electron chi connectivity index (χ2n) is 3.97. The number of hydrogen-bond acceptors (Lipinski definition) is 4. The third-order valence-corrected chi connectivity index (χ3v) is 2.92. The monoisotopic (exact) mass is 249 g/mol. The van der Waals surface area contributed by atoms with E-state index >= 15 is 0 Å². The molecule has 3 heterocycles. The number of nitrogens with two attached hydrogens (primary N) is 1. The fraction of sp³-hybridized carbons (Fsp3) is 0.308. The van der Waals surface area contributed by atoms with E-state index in [1.165, 1.54) is 19.3 Å². The minimum atomic E-state index is -0.319. The summed E-state index contributed by atoms with van der Waals surface area (Å²) in [5.41, 5.74) is 7.14. The van der Waals surface area contributed by atoms with Crippen LogP contribution in [0.15, 0.2) is 29.0 Å². The summed E-state index contributed by atoms with van der Waals surface area (Å²) in [4.78, 5) is 6.13. The molecule has 0 unspecified atom stereocenters. The molecule has 0 fully saturated rings. The summed E-state index contributed by atoms with van der Waals surface area (Å²) in [6.45, 7) is 0.838. The van der Waals surface area contributed by atoms with Crippen LogP contribution in [-0.4, -0.2) is 25.6 Å². The highest BCUT2D eigenvalue weighted by molar-refractivity contribution is 5.74. The van der Waals surface area contributed by atoms with Gasteiger partial charge in [-0.05, 0) is 19.5 Å². The Balaban J connectivity index is 0.000000574. The first-order valence-electron chi connectivity index (χ1n) is 5.77. The van der Waals surface area contributed by atoms with Crippen molar-refractivity contribution in [1.29, 1.82) is 0 Å². The molecule has 2 N–H and O–H groups in total.